The highest BCUT2D eigenvalue weighted by Crippen LogP contribution is 2.16. The monoisotopic (exact) mass is 332 g/mol. The molecule has 0 radical (unpaired) electrons. The van der Waals surface area contributed by atoms with Crippen LogP contribution in [0.3, 0.4) is 0 Å². The van der Waals surface area contributed by atoms with Crippen molar-refractivity contribution in [2.45, 2.75) is 39.2 Å². The predicted molar refractivity (Wildman–Crippen MR) is 91.1 cm³/mol. The zero-order valence-electron chi connectivity index (χ0n) is 14.2. The number of amides is 2. The van der Waals surface area contributed by atoms with Gasteiger partial charge in [-0.1, -0.05) is 19.1 Å². The van der Waals surface area contributed by atoms with Crippen LogP contribution in [-0.4, -0.2) is 35.1 Å². The minimum absolute atomic E-state index is 0.119. The van der Waals surface area contributed by atoms with Crippen LogP contribution in [0, 0.1) is 0 Å². The van der Waals surface area contributed by atoms with Crippen LogP contribution < -0.4 is 10.9 Å². The Hall–Kier alpha value is -2.41. The zero-order chi connectivity index (χ0) is 17.4. The number of hydrogen-bond acceptors (Lipinski definition) is 4. The first-order valence-corrected chi connectivity index (χ1v) is 8.16. The number of hydrazine groups is 1. The van der Waals surface area contributed by atoms with Gasteiger partial charge in [-0.3, -0.25) is 20.4 Å². The molecule has 0 fully saturated rings. The normalized spacial score (nSPS) is 10.8. The van der Waals surface area contributed by atoms with Crippen LogP contribution in [0.15, 0.2) is 24.3 Å². The van der Waals surface area contributed by atoms with Crippen LogP contribution in [0.1, 0.15) is 32.0 Å². The Kier molecular flexibility index (Phi) is 6.74. The lowest BCUT2D eigenvalue weighted by atomic mass is 10.2. The second-order valence-corrected chi connectivity index (χ2v) is 5.50. The van der Waals surface area contributed by atoms with E-state index >= 15 is 0 Å². The second-order valence-electron chi connectivity index (χ2n) is 5.50. The minimum Gasteiger partial charge on any atom is -0.385 e. The number of rotatable bonds is 8. The maximum absolute atomic E-state index is 12.1. The van der Waals surface area contributed by atoms with Gasteiger partial charge in [-0.05, 0) is 25.0 Å². The van der Waals surface area contributed by atoms with Crippen molar-refractivity contribution in [3.8, 4) is 0 Å². The van der Waals surface area contributed by atoms with E-state index in [0.717, 1.165) is 36.1 Å². The van der Waals surface area contributed by atoms with E-state index in [1.165, 1.54) is 0 Å². The number of hydrogen-bond donors (Lipinski definition) is 2. The lowest BCUT2D eigenvalue weighted by molar-refractivity contribution is -0.129. The molecular formula is C17H24N4O3. The Labute approximate surface area is 141 Å². The molecule has 130 valence electrons. The number of para-hydroxylation sites is 2. The fraction of sp³-hybridized carbons (Fsp3) is 0.471. The highest BCUT2D eigenvalue weighted by atomic mass is 16.5. The van der Waals surface area contributed by atoms with Gasteiger partial charge in [0.25, 0.3) is 5.91 Å². The van der Waals surface area contributed by atoms with E-state index in [4.69, 9.17) is 4.74 Å². The summed E-state index contributed by atoms with van der Waals surface area (Å²) in [5.41, 5.74) is 6.68. The summed E-state index contributed by atoms with van der Waals surface area (Å²) in [5.74, 6) is 0.362. The molecule has 0 atom stereocenters. The van der Waals surface area contributed by atoms with Gasteiger partial charge in [0.1, 0.15) is 12.4 Å². The van der Waals surface area contributed by atoms with Gasteiger partial charge in [0.2, 0.25) is 5.91 Å². The molecule has 2 amide bonds. The van der Waals surface area contributed by atoms with E-state index in [1.54, 1.807) is 7.11 Å². The van der Waals surface area contributed by atoms with Crippen LogP contribution >= 0.6 is 0 Å². The third-order valence-electron chi connectivity index (χ3n) is 3.70. The van der Waals surface area contributed by atoms with Crippen molar-refractivity contribution in [2.24, 2.45) is 0 Å². The first-order chi connectivity index (χ1) is 11.7. The number of carbonyl (C=O) groups is 2. The Morgan fingerprint density at radius 2 is 1.92 bits per heavy atom. The zero-order valence-corrected chi connectivity index (χ0v) is 14.2. The Bertz CT molecular complexity index is 696. The molecule has 1 aromatic heterocycles. The molecular weight excluding hydrogens is 308 g/mol. The number of carbonyl (C=O) groups excluding carboxylic acids is 2. The lowest BCUT2D eigenvalue weighted by Gasteiger charge is -2.10. The molecule has 1 aromatic carbocycles. The van der Waals surface area contributed by atoms with Gasteiger partial charge in [-0.25, -0.2) is 4.98 Å². The van der Waals surface area contributed by atoms with E-state index in [9.17, 15) is 9.59 Å². The van der Waals surface area contributed by atoms with Gasteiger partial charge < -0.3 is 9.30 Å². The van der Waals surface area contributed by atoms with Crippen LogP contribution in [0.4, 0.5) is 0 Å². The summed E-state index contributed by atoms with van der Waals surface area (Å²) in [6.07, 6.45) is 2.63. The summed E-state index contributed by atoms with van der Waals surface area (Å²) in [6, 6.07) is 7.69. The molecule has 0 aliphatic rings. The molecule has 0 saturated heterocycles. The standard InChI is InChI=1S/C17H24N4O3/c1-3-15-18-13-8-4-5-9-14(13)21(15)12-17(23)20-19-16(22)10-6-7-11-24-2/h4-5,8-9H,3,6-7,10-12H2,1-2H3,(H,19,22)(H,20,23). The fourth-order valence-electron chi connectivity index (χ4n) is 2.49. The van der Waals surface area contributed by atoms with E-state index in [0.29, 0.717) is 13.0 Å². The maximum Gasteiger partial charge on any atom is 0.258 e. The molecule has 7 nitrogen and oxygen atoms in total. The topological polar surface area (TPSA) is 85.3 Å². The first kappa shape index (κ1) is 17.9. The number of benzene rings is 1. The number of ether oxygens (including phenoxy) is 1. The van der Waals surface area contributed by atoms with Crippen molar-refractivity contribution in [1.82, 2.24) is 20.4 Å². The lowest BCUT2D eigenvalue weighted by Crippen LogP contribution is -2.43. The smallest absolute Gasteiger partial charge is 0.258 e. The van der Waals surface area contributed by atoms with Crippen molar-refractivity contribution in [1.29, 1.82) is 0 Å². The fourth-order valence-corrected chi connectivity index (χ4v) is 2.49. The van der Waals surface area contributed by atoms with Crippen LogP contribution in [0.5, 0.6) is 0 Å². The molecule has 2 N–H and O–H groups in total. The molecule has 1 heterocycles. The summed E-state index contributed by atoms with van der Waals surface area (Å²) in [4.78, 5) is 28.3. The molecule has 2 rings (SSSR count). The summed E-state index contributed by atoms with van der Waals surface area (Å²) in [5, 5.41) is 0. The highest BCUT2D eigenvalue weighted by Gasteiger charge is 2.12. The van der Waals surface area contributed by atoms with Crippen molar-refractivity contribution >= 4 is 22.8 Å². The van der Waals surface area contributed by atoms with Crippen LogP contribution in [0.2, 0.25) is 0 Å². The van der Waals surface area contributed by atoms with E-state index in [-0.39, 0.29) is 18.4 Å². The average Bonchev–Trinajstić information content (AvgIpc) is 2.95. The molecule has 0 spiro atoms. The van der Waals surface area contributed by atoms with Gasteiger partial charge in [0.15, 0.2) is 0 Å². The summed E-state index contributed by atoms with van der Waals surface area (Å²) >= 11 is 0. The number of aromatic nitrogens is 2. The van der Waals surface area contributed by atoms with Crippen LogP contribution in [0.25, 0.3) is 11.0 Å². The minimum atomic E-state index is -0.280. The number of nitrogens with zero attached hydrogens (tertiary/aromatic N) is 2. The quantitative estimate of drug-likeness (QED) is 0.567. The van der Waals surface area contributed by atoms with E-state index in [1.807, 2.05) is 35.8 Å². The molecule has 0 aliphatic carbocycles. The number of unbranched alkanes of at least 4 members (excludes halogenated alkanes) is 1. The van der Waals surface area contributed by atoms with Gasteiger partial charge in [0, 0.05) is 26.6 Å². The van der Waals surface area contributed by atoms with Gasteiger partial charge in [0.05, 0.1) is 11.0 Å². The molecule has 0 bridgehead atoms. The van der Waals surface area contributed by atoms with Crippen molar-refractivity contribution in [2.75, 3.05) is 13.7 Å². The number of nitrogens with one attached hydrogen (secondary N) is 2. The largest absolute Gasteiger partial charge is 0.385 e. The summed E-state index contributed by atoms with van der Waals surface area (Å²) in [7, 11) is 1.63. The maximum atomic E-state index is 12.1. The number of fused-ring (bicyclic) bond motifs is 1. The SMILES string of the molecule is CCc1nc2ccccc2n1CC(=O)NNC(=O)CCCCOC. The summed E-state index contributed by atoms with van der Waals surface area (Å²) in [6.45, 7) is 2.75. The Morgan fingerprint density at radius 1 is 1.17 bits per heavy atom. The van der Waals surface area contributed by atoms with Crippen molar-refractivity contribution in [3.05, 3.63) is 30.1 Å². The van der Waals surface area contributed by atoms with Crippen LogP contribution in [-0.2, 0) is 27.3 Å². The number of methoxy groups -OCH3 is 1. The van der Waals surface area contributed by atoms with Gasteiger partial charge in [-0.2, -0.15) is 0 Å². The Balaban J connectivity index is 1.87. The van der Waals surface area contributed by atoms with Crippen molar-refractivity contribution < 1.29 is 14.3 Å². The molecule has 0 saturated carbocycles. The first-order valence-electron chi connectivity index (χ1n) is 8.16. The molecule has 2 aromatic rings. The summed E-state index contributed by atoms with van der Waals surface area (Å²) < 4.78 is 6.80. The van der Waals surface area contributed by atoms with Gasteiger partial charge in [-0.15, -0.1) is 0 Å². The third-order valence-corrected chi connectivity index (χ3v) is 3.70. The Morgan fingerprint density at radius 3 is 2.67 bits per heavy atom. The predicted octanol–water partition coefficient (Wildman–Crippen LogP) is 1.56. The van der Waals surface area contributed by atoms with Gasteiger partial charge >= 0.3 is 0 Å². The second kappa shape index (κ2) is 9.02. The van der Waals surface area contributed by atoms with Crippen molar-refractivity contribution in [3.63, 3.8) is 0 Å². The molecule has 24 heavy (non-hydrogen) atoms. The third kappa shape index (κ3) is 4.79. The number of aryl methyl sites for hydroxylation is 1. The molecule has 7 heteroatoms. The van der Waals surface area contributed by atoms with E-state index < -0.39 is 0 Å². The highest BCUT2D eigenvalue weighted by molar-refractivity contribution is 5.83. The molecule has 0 aliphatic heterocycles. The average molecular weight is 332 g/mol. The van der Waals surface area contributed by atoms with E-state index in [2.05, 4.69) is 15.8 Å². The number of imidazole rings is 1. The molecule has 0 unspecified atom stereocenters.